The molecule has 0 N–H and O–H groups in total. The average molecular weight is 380 g/mol. The second-order valence-corrected chi connectivity index (χ2v) is 6.77. The van der Waals surface area contributed by atoms with Crippen molar-refractivity contribution in [1.82, 2.24) is 9.47 Å². The van der Waals surface area contributed by atoms with E-state index in [1.165, 1.54) is 11.1 Å². The van der Waals surface area contributed by atoms with Gasteiger partial charge in [-0.2, -0.15) is 13.2 Å². The molecule has 26 heavy (non-hydrogen) atoms. The van der Waals surface area contributed by atoms with Crippen molar-refractivity contribution in [2.45, 2.75) is 19.3 Å². The fourth-order valence-corrected chi connectivity index (χ4v) is 3.60. The van der Waals surface area contributed by atoms with Crippen molar-refractivity contribution in [3.05, 3.63) is 69.5 Å². The second kappa shape index (κ2) is 6.95. The largest absolute Gasteiger partial charge is 0.421 e. The Labute approximate surface area is 151 Å². The minimum atomic E-state index is -4.75. The number of rotatable bonds is 4. The molecule has 0 spiro atoms. The molecule has 0 fully saturated rings. The second-order valence-electron chi connectivity index (χ2n) is 5.86. The monoisotopic (exact) mass is 380 g/mol. The molecular weight excluding hydrogens is 365 g/mol. The van der Waals surface area contributed by atoms with Gasteiger partial charge in [0.2, 0.25) is 5.91 Å². The summed E-state index contributed by atoms with van der Waals surface area (Å²) in [6.07, 6.45) is -3.56. The number of hydrogen-bond acceptors (Lipinski definition) is 3. The molecule has 0 atom stereocenters. The molecule has 1 aromatic carbocycles. The van der Waals surface area contributed by atoms with Crippen LogP contribution < -0.4 is 5.56 Å². The molecule has 0 saturated carbocycles. The molecule has 2 heterocycles. The standard InChI is InChI=1S/C18H15F3N2O2S/c1-22(9-12-11-26-15-7-3-2-5-13(12)15)16(24)10-23-8-4-6-14(17(23)25)18(19,20)21/h2-8,11H,9-10H2,1H3. The van der Waals surface area contributed by atoms with Gasteiger partial charge >= 0.3 is 6.18 Å². The highest BCUT2D eigenvalue weighted by atomic mass is 32.1. The van der Waals surface area contributed by atoms with Crippen LogP contribution in [0.5, 0.6) is 0 Å². The molecular formula is C18H15F3N2O2S. The van der Waals surface area contributed by atoms with Crippen LogP contribution in [0.25, 0.3) is 10.1 Å². The number of aromatic nitrogens is 1. The molecule has 136 valence electrons. The van der Waals surface area contributed by atoms with Crippen LogP contribution in [0, 0.1) is 0 Å². The topological polar surface area (TPSA) is 42.3 Å². The summed E-state index contributed by atoms with van der Waals surface area (Å²) in [5.41, 5.74) is -1.54. The van der Waals surface area contributed by atoms with Crippen molar-refractivity contribution in [1.29, 1.82) is 0 Å². The summed E-state index contributed by atoms with van der Waals surface area (Å²) in [5.74, 6) is -0.443. The van der Waals surface area contributed by atoms with Crippen LogP contribution in [0.15, 0.2) is 52.8 Å². The summed E-state index contributed by atoms with van der Waals surface area (Å²) in [6, 6.07) is 9.60. The Morgan fingerprint density at radius 3 is 2.65 bits per heavy atom. The minimum Gasteiger partial charge on any atom is -0.340 e. The summed E-state index contributed by atoms with van der Waals surface area (Å²) in [6.45, 7) is -0.127. The Hall–Kier alpha value is -2.61. The smallest absolute Gasteiger partial charge is 0.340 e. The van der Waals surface area contributed by atoms with E-state index in [1.807, 2.05) is 29.6 Å². The van der Waals surface area contributed by atoms with Gasteiger partial charge in [-0.15, -0.1) is 11.3 Å². The maximum Gasteiger partial charge on any atom is 0.421 e. The molecule has 8 heteroatoms. The number of carbonyl (C=O) groups is 1. The minimum absolute atomic E-state index is 0.316. The van der Waals surface area contributed by atoms with Crippen LogP contribution in [0.2, 0.25) is 0 Å². The number of thiophene rings is 1. The maximum atomic E-state index is 12.8. The van der Waals surface area contributed by atoms with Crippen LogP contribution in [0.3, 0.4) is 0 Å². The van der Waals surface area contributed by atoms with Crippen molar-refractivity contribution in [2.24, 2.45) is 0 Å². The SMILES string of the molecule is CN(Cc1csc2ccccc12)C(=O)Cn1cccc(C(F)(F)F)c1=O. The van der Waals surface area contributed by atoms with E-state index in [0.29, 0.717) is 12.6 Å². The molecule has 3 aromatic rings. The van der Waals surface area contributed by atoms with E-state index < -0.39 is 29.8 Å². The normalized spacial score (nSPS) is 11.7. The Bertz CT molecular complexity index is 1010. The van der Waals surface area contributed by atoms with Crippen molar-refractivity contribution in [2.75, 3.05) is 7.05 Å². The Morgan fingerprint density at radius 1 is 1.19 bits per heavy atom. The van der Waals surface area contributed by atoms with E-state index in [1.54, 1.807) is 18.4 Å². The predicted octanol–water partition coefficient (Wildman–Crippen LogP) is 3.74. The third-order valence-corrected chi connectivity index (χ3v) is 5.04. The number of halogens is 3. The van der Waals surface area contributed by atoms with E-state index in [4.69, 9.17) is 0 Å². The number of benzene rings is 1. The molecule has 2 aromatic heterocycles. The molecule has 0 bridgehead atoms. The van der Waals surface area contributed by atoms with E-state index in [-0.39, 0.29) is 0 Å². The maximum absolute atomic E-state index is 12.8. The van der Waals surface area contributed by atoms with E-state index in [0.717, 1.165) is 26.3 Å². The van der Waals surface area contributed by atoms with Gasteiger partial charge in [0.05, 0.1) is 0 Å². The van der Waals surface area contributed by atoms with Crippen molar-refractivity contribution in [3.63, 3.8) is 0 Å². The van der Waals surface area contributed by atoms with Crippen molar-refractivity contribution >= 4 is 27.3 Å². The number of nitrogens with zero attached hydrogens (tertiary/aromatic N) is 2. The zero-order chi connectivity index (χ0) is 18.9. The lowest BCUT2D eigenvalue weighted by Crippen LogP contribution is -2.35. The molecule has 3 rings (SSSR count). The Morgan fingerprint density at radius 2 is 1.92 bits per heavy atom. The molecule has 0 aliphatic rings. The summed E-state index contributed by atoms with van der Waals surface area (Å²) in [4.78, 5) is 25.7. The quantitative estimate of drug-likeness (QED) is 0.692. The molecule has 4 nitrogen and oxygen atoms in total. The number of hydrogen-bond donors (Lipinski definition) is 0. The van der Waals surface area contributed by atoms with Gasteiger partial charge in [-0.1, -0.05) is 18.2 Å². The van der Waals surface area contributed by atoms with E-state index in [2.05, 4.69) is 0 Å². The fourth-order valence-electron chi connectivity index (χ4n) is 2.64. The number of carbonyl (C=O) groups excluding carboxylic acids is 1. The lowest BCUT2D eigenvalue weighted by molar-refractivity contribution is -0.139. The Balaban J connectivity index is 1.77. The zero-order valence-electron chi connectivity index (χ0n) is 13.8. The summed E-state index contributed by atoms with van der Waals surface area (Å²) >= 11 is 1.56. The van der Waals surface area contributed by atoms with Crippen LogP contribution in [-0.4, -0.2) is 22.4 Å². The highest BCUT2D eigenvalue weighted by Gasteiger charge is 2.34. The fraction of sp³-hybridized carbons (Fsp3) is 0.222. The van der Waals surface area contributed by atoms with Crippen LogP contribution in [0.1, 0.15) is 11.1 Å². The van der Waals surface area contributed by atoms with Gasteiger partial charge in [0.1, 0.15) is 12.1 Å². The summed E-state index contributed by atoms with van der Waals surface area (Å²) in [5, 5.41) is 2.98. The van der Waals surface area contributed by atoms with Gasteiger partial charge in [-0.25, -0.2) is 0 Å². The van der Waals surface area contributed by atoms with E-state index in [9.17, 15) is 22.8 Å². The number of fused-ring (bicyclic) bond motifs is 1. The first-order chi connectivity index (χ1) is 12.3. The number of likely N-dealkylation sites (N-methyl/N-ethyl adjacent to an activating group) is 1. The molecule has 0 unspecified atom stereocenters. The third-order valence-electron chi connectivity index (χ3n) is 4.03. The van der Waals surface area contributed by atoms with E-state index >= 15 is 0 Å². The third kappa shape index (κ3) is 3.65. The molecule has 0 radical (unpaired) electrons. The molecule has 0 aliphatic carbocycles. The number of pyridine rings is 1. The van der Waals surface area contributed by atoms with Crippen LogP contribution in [-0.2, 0) is 24.1 Å². The molecule has 0 aliphatic heterocycles. The van der Waals surface area contributed by atoms with Crippen molar-refractivity contribution < 1.29 is 18.0 Å². The average Bonchev–Trinajstić information content (AvgIpc) is 2.98. The first-order valence-corrected chi connectivity index (χ1v) is 8.61. The first-order valence-electron chi connectivity index (χ1n) is 7.73. The highest BCUT2D eigenvalue weighted by Crippen LogP contribution is 2.27. The van der Waals surface area contributed by atoms with Gasteiger partial charge < -0.3 is 9.47 Å². The lowest BCUT2D eigenvalue weighted by atomic mass is 10.1. The van der Waals surface area contributed by atoms with Crippen molar-refractivity contribution in [3.8, 4) is 0 Å². The van der Waals surface area contributed by atoms with Gasteiger partial charge in [0.15, 0.2) is 0 Å². The number of amides is 1. The zero-order valence-corrected chi connectivity index (χ0v) is 14.6. The van der Waals surface area contributed by atoms with Crippen LogP contribution in [0.4, 0.5) is 13.2 Å². The van der Waals surface area contributed by atoms with Crippen LogP contribution >= 0.6 is 11.3 Å². The Kier molecular flexibility index (Phi) is 4.86. The van der Waals surface area contributed by atoms with Gasteiger partial charge in [0, 0.05) is 24.5 Å². The van der Waals surface area contributed by atoms with Gasteiger partial charge in [-0.05, 0) is 34.5 Å². The summed E-state index contributed by atoms with van der Waals surface area (Å²) in [7, 11) is 1.56. The summed E-state index contributed by atoms with van der Waals surface area (Å²) < 4.78 is 40.3. The first kappa shape index (κ1) is 18.2. The highest BCUT2D eigenvalue weighted by molar-refractivity contribution is 7.17. The van der Waals surface area contributed by atoms with Gasteiger partial charge in [-0.3, -0.25) is 9.59 Å². The molecule has 0 saturated heterocycles. The van der Waals surface area contributed by atoms with Gasteiger partial charge in [0.25, 0.3) is 5.56 Å². The molecule has 1 amide bonds. The number of alkyl halides is 3. The lowest BCUT2D eigenvalue weighted by Gasteiger charge is -2.18. The predicted molar refractivity (Wildman–Crippen MR) is 94.0 cm³/mol.